The maximum atomic E-state index is 12.7. The van der Waals surface area contributed by atoms with E-state index in [-0.39, 0.29) is 11.6 Å². The molecule has 1 unspecified atom stereocenters. The van der Waals surface area contributed by atoms with Gasteiger partial charge in [-0.1, -0.05) is 18.2 Å². The summed E-state index contributed by atoms with van der Waals surface area (Å²) < 4.78 is 38.4. The van der Waals surface area contributed by atoms with Crippen LogP contribution in [0.15, 0.2) is 62.2 Å². The quantitative estimate of drug-likeness (QED) is 0.546. The number of hydrogen-bond acceptors (Lipinski definition) is 9. The summed E-state index contributed by atoms with van der Waals surface area (Å²) in [5.74, 6) is -0.0403. The minimum atomic E-state index is -3.44. The van der Waals surface area contributed by atoms with E-state index in [4.69, 9.17) is 9.15 Å². The number of carbonyl (C=O) groups excluding carboxylic acids is 1. The first-order chi connectivity index (χ1) is 14.9. The summed E-state index contributed by atoms with van der Waals surface area (Å²) in [6.07, 6.45) is -0.737. The van der Waals surface area contributed by atoms with Gasteiger partial charge in [-0.15, -0.1) is 14.6 Å². The van der Waals surface area contributed by atoms with E-state index < -0.39 is 22.1 Å². The van der Waals surface area contributed by atoms with Gasteiger partial charge in [0.05, 0.1) is 17.0 Å². The van der Waals surface area contributed by atoms with E-state index in [1.54, 1.807) is 25.1 Å². The van der Waals surface area contributed by atoms with Crippen LogP contribution < -0.4 is 4.90 Å². The number of nitrogens with zero attached hydrogens (tertiary/aromatic N) is 4. The molecule has 0 saturated carbocycles. The maximum absolute atomic E-state index is 12.7. The van der Waals surface area contributed by atoms with E-state index in [0.29, 0.717) is 23.2 Å². The fourth-order valence-electron chi connectivity index (χ4n) is 3.23. The number of thioether (sulfide) groups is 1. The minimum absolute atomic E-state index is 0.0348. The number of hydrogen-bond donors (Lipinski definition) is 0. The molecular formula is C20H16N4O5S2. The molecule has 158 valence electrons. The molecule has 0 amide bonds. The van der Waals surface area contributed by atoms with E-state index >= 15 is 0 Å². The molecule has 2 aromatic carbocycles. The van der Waals surface area contributed by atoms with Crippen molar-refractivity contribution in [2.75, 3.05) is 17.2 Å². The topological polar surface area (TPSA) is 115 Å². The van der Waals surface area contributed by atoms with Crippen molar-refractivity contribution < 1.29 is 22.4 Å². The van der Waals surface area contributed by atoms with Crippen LogP contribution >= 0.6 is 11.8 Å². The molecule has 0 N–H and O–H groups in total. The third kappa shape index (κ3) is 3.81. The Balaban J connectivity index is 1.32. The van der Waals surface area contributed by atoms with Crippen LogP contribution in [0.1, 0.15) is 29.3 Å². The highest BCUT2D eigenvalue weighted by Gasteiger charge is 2.33. The molecule has 2 aliphatic heterocycles. The van der Waals surface area contributed by atoms with Gasteiger partial charge < -0.3 is 14.1 Å². The predicted octanol–water partition coefficient (Wildman–Crippen LogP) is 3.27. The third-order valence-electron chi connectivity index (χ3n) is 4.80. The predicted molar refractivity (Wildman–Crippen MR) is 114 cm³/mol. The smallest absolute Gasteiger partial charge is 0.338 e. The summed E-state index contributed by atoms with van der Waals surface area (Å²) in [5.41, 5.74) is 1.94. The molecule has 11 heteroatoms. The number of fused-ring (bicyclic) bond motifs is 3. The van der Waals surface area contributed by atoms with Crippen LogP contribution in [0.2, 0.25) is 0 Å². The highest BCUT2D eigenvalue weighted by Crippen LogP contribution is 2.42. The van der Waals surface area contributed by atoms with Gasteiger partial charge in [0.25, 0.3) is 15.9 Å². The van der Waals surface area contributed by atoms with Gasteiger partial charge >= 0.3 is 5.97 Å². The van der Waals surface area contributed by atoms with Crippen LogP contribution in [0.25, 0.3) is 11.5 Å². The van der Waals surface area contributed by atoms with Gasteiger partial charge in [0.2, 0.25) is 5.89 Å². The molecule has 0 saturated heterocycles. The minimum Gasteiger partial charge on any atom is -0.449 e. The van der Waals surface area contributed by atoms with Crippen LogP contribution in [0.4, 0.5) is 5.69 Å². The highest BCUT2D eigenvalue weighted by molar-refractivity contribution is 8.15. The van der Waals surface area contributed by atoms with Crippen molar-refractivity contribution in [2.45, 2.75) is 17.9 Å². The Morgan fingerprint density at radius 1 is 1.19 bits per heavy atom. The first-order valence-electron chi connectivity index (χ1n) is 9.41. The molecule has 9 nitrogen and oxygen atoms in total. The highest BCUT2D eigenvalue weighted by atomic mass is 32.2. The largest absolute Gasteiger partial charge is 0.449 e. The van der Waals surface area contributed by atoms with E-state index in [2.05, 4.69) is 14.6 Å². The van der Waals surface area contributed by atoms with Gasteiger partial charge in [-0.25, -0.2) is 13.2 Å². The summed E-state index contributed by atoms with van der Waals surface area (Å²) in [5, 5.41) is 8.39. The lowest BCUT2D eigenvalue weighted by Gasteiger charge is -2.22. The zero-order chi connectivity index (χ0) is 21.6. The molecule has 0 bridgehead atoms. The van der Waals surface area contributed by atoms with Gasteiger partial charge in [-0.3, -0.25) is 0 Å². The second-order valence-electron chi connectivity index (χ2n) is 6.96. The monoisotopic (exact) mass is 456 g/mol. The van der Waals surface area contributed by atoms with Gasteiger partial charge in [-0.05, 0) is 49.0 Å². The SMILES string of the molecule is CC(OC(=O)c1ccc2c(c1)SC1=NS(=O)(=O)CCN12)c1nnc(-c2ccccc2)o1. The molecule has 0 fully saturated rings. The number of sulfonamides is 1. The lowest BCUT2D eigenvalue weighted by Crippen LogP contribution is -2.35. The lowest BCUT2D eigenvalue weighted by molar-refractivity contribution is 0.0279. The molecule has 3 aromatic rings. The van der Waals surface area contributed by atoms with Crippen LogP contribution in [-0.2, 0) is 14.8 Å². The van der Waals surface area contributed by atoms with E-state index in [1.165, 1.54) is 11.8 Å². The molecule has 31 heavy (non-hydrogen) atoms. The van der Waals surface area contributed by atoms with Crippen molar-refractivity contribution in [2.24, 2.45) is 4.40 Å². The molecule has 0 aliphatic carbocycles. The Morgan fingerprint density at radius 3 is 2.81 bits per heavy atom. The second kappa shape index (κ2) is 7.50. The number of amidine groups is 1. The summed E-state index contributed by atoms with van der Waals surface area (Å²) in [4.78, 5) is 15.2. The molecule has 0 spiro atoms. The van der Waals surface area contributed by atoms with Gasteiger partial charge in [0, 0.05) is 17.0 Å². The van der Waals surface area contributed by atoms with Crippen LogP contribution in [0.3, 0.4) is 0 Å². The summed E-state index contributed by atoms with van der Waals surface area (Å²) in [6.45, 7) is 1.99. The Kier molecular flexibility index (Phi) is 4.78. The van der Waals surface area contributed by atoms with Gasteiger partial charge in [0.1, 0.15) is 0 Å². The number of carbonyl (C=O) groups is 1. The van der Waals surface area contributed by atoms with Crippen LogP contribution in [0.5, 0.6) is 0 Å². The summed E-state index contributed by atoms with van der Waals surface area (Å²) >= 11 is 1.22. The first kappa shape index (κ1) is 19.8. The standard InChI is InChI=1S/C20H16N4O5S2/c1-12(17-21-22-18(29-17)13-5-3-2-4-6-13)28-19(25)14-7-8-15-16(11-14)30-20-23-31(26,27)10-9-24(15)20/h2-8,11-12H,9-10H2,1H3. The van der Waals surface area contributed by atoms with E-state index in [0.717, 1.165) is 16.1 Å². The number of anilines is 1. The van der Waals surface area contributed by atoms with E-state index in [1.807, 2.05) is 35.2 Å². The normalized spacial score (nSPS) is 17.5. The van der Waals surface area contributed by atoms with E-state index in [9.17, 15) is 13.2 Å². The van der Waals surface area contributed by atoms with Crippen LogP contribution in [-0.4, -0.2) is 42.0 Å². The Bertz CT molecular complexity index is 1300. The second-order valence-corrected chi connectivity index (χ2v) is 9.72. The third-order valence-corrected chi connectivity index (χ3v) is 7.11. The number of ether oxygens (including phenoxy) is 1. The fourth-order valence-corrected chi connectivity index (χ4v) is 5.53. The molecule has 5 rings (SSSR count). The molecule has 1 atom stereocenters. The van der Waals surface area contributed by atoms with Gasteiger partial charge in [-0.2, -0.15) is 0 Å². The Hall–Kier alpha value is -3.18. The fraction of sp³-hybridized carbons (Fsp3) is 0.200. The van der Waals surface area contributed by atoms with Crippen molar-refractivity contribution >= 4 is 38.6 Å². The average Bonchev–Trinajstić information content (AvgIpc) is 3.37. The van der Waals surface area contributed by atoms with Crippen molar-refractivity contribution in [1.82, 2.24) is 10.2 Å². The lowest BCUT2D eigenvalue weighted by atomic mass is 10.2. The first-order valence-corrected chi connectivity index (χ1v) is 11.8. The Labute approximate surface area is 182 Å². The molecule has 0 radical (unpaired) electrons. The average molecular weight is 457 g/mol. The molecular weight excluding hydrogens is 440 g/mol. The zero-order valence-electron chi connectivity index (χ0n) is 16.3. The number of rotatable bonds is 4. The van der Waals surface area contributed by atoms with Gasteiger partial charge in [0.15, 0.2) is 11.3 Å². The summed E-state index contributed by atoms with van der Waals surface area (Å²) in [6, 6.07) is 14.4. The van der Waals surface area contributed by atoms with Crippen molar-refractivity contribution in [3.8, 4) is 11.5 Å². The van der Waals surface area contributed by atoms with Crippen molar-refractivity contribution in [3.63, 3.8) is 0 Å². The molecule has 2 aliphatic rings. The van der Waals surface area contributed by atoms with Crippen LogP contribution in [0, 0.1) is 0 Å². The molecule has 3 heterocycles. The molecule has 1 aromatic heterocycles. The number of esters is 1. The number of benzene rings is 2. The van der Waals surface area contributed by atoms with Crippen molar-refractivity contribution in [1.29, 1.82) is 0 Å². The zero-order valence-corrected chi connectivity index (χ0v) is 17.9. The Morgan fingerprint density at radius 2 is 2.00 bits per heavy atom. The summed E-state index contributed by atoms with van der Waals surface area (Å²) in [7, 11) is -3.44. The van der Waals surface area contributed by atoms with Crippen molar-refractivity contribution in [3.05, 3.63) is 60.0 Å². The number of aromatic nitrogens is 2. The maximum Gasteiger partial charge on any atom is 0.338 e.